The molecule has 0 aliphatic carbocycles. The van der Waals surface area contributed by atoms with E-state index < -0.39 is 24.3 Å². The molecule has 0 spiro atoms. The zero-order valence-electron chi connectivity index (χ0n) is 36.0. The molecule has 0 aromatic heterocycles. The van der Waals surface area contributed by atoms with Gasteiger partial charge in [-0.1, -0.05) is 125 Å². The number of hydrogen-bond donors (Lipinski definition) is 1. The maximum atomic E-state index is 12.7. The van der Waals surface area contributed by atoms with Crippen molar-refractivity contribution in [2.45, 2.75) is 161 Å². The number of rotatable bonds is 38. The minimum absolute atomic E-state index is 0.173. The second kappa shape index (κ2) is 38.6. The van der Waals surface area contributed by atoms with Crippen molar-refractivity contribution in [1.82, 2.24) is 0 Å². The summed E-state index contributed by atoms with van der Waals surface area (Å²) >= 11 is 0. The van der Waals surface area contributed by atoms with E-state index in [0.29, 0.717) is 17.4 Å². The van der Waals surface area contributed by atoms with Crippen LogP contribution in [0.3, 0.4) is 0 Å². The van der Waals surface area contributed by atoms with Gasteiger partial charge in [-0.15, -0.1) is 0 Å². The second-order valence-electron chi connectivity index (χ2n) is 15.3. The number of carbonyl (C=O) groups is 3. The molecule has 0 saturated carbocycles. The fourth-order valence-electron chi connectivity index (χ4n) is 5.32. The van der Waals surface area contributed by atoms with E-state index in [1.807, 2.05) is 21.1 Å². The van der Waals surface area contributed by atoms with Gasteiger partial charge in [0, 0.05) is 12.8 Å². The van der Waals surface area contributed by atoms with Gasteiger partial charge in [0.25, 0.3) is 6.29 Å². The van der Waals surface area contributed by atoms with Crippen molar-refractivity contribution in [2.75, 3.05) is 47.5 Å². The summed E-state index contributed by atoms with van der Waals surface area (Å²) in [5.74, 6) is -2.10. The molecule has 2 unspecified atom stereocenters. The van der Waals surface area contributed by atoms with E-state index in [-0.39, 0.29) is 38.6 Å². The fourth-order valence-corrected chi connectivity index (χ4v) is 5.32. The number of unbranched alkanes of at least 4 members (excludes halogenated alkanes) is 11. The van der Waals surface area contributed by atoms with Crippen LogP contribution >= 0.6 is 0 Å². The van der Waals surface area contributed by atoms with Crippen molar-refractivity contribution < 1.29 is 42.9 Å². The minimum atomic E-state index is -1.53. The average Bonchev–Trinajstić information content (AvgIpc) is 3.15. The van der Waals surface area contributed by atoms with E-state index in [9.17, 15) is 19.5 Å². The molecule has 0 saturated heterocycles. The Morgan fingerprint density at radius 2 is 1.02 bits per heavy atom. The van der Waals surface area contributed by atoms with Crippen LogP contribution in [0.1, 0.15) is 149 Å². The lowest BCUT2D eigenvalue weighted by Gasteiger charge is -2.25. The number of likely N-dealkylation sites (N-methyl/N-ethyl adjacent to an activating group) is 1. The Kier molecular flexibility index (Phi) is 36.3. The molecule has 9 nitrogen and oxygen atoms in total. The summed E-state index contributed by atoms with van der Waals surface area (Å²) in [7, 11) is 5.92. The van der Waals surface area contributed by atoms with Crippen molar-refractivity contribution >= 4 is 17.9 Å². The summed E-state index contributed by atoms with van der Waals surface area (Å²) in [5.41, 5.74) is 0. The molecule has 2 atom stereocenters. The van der Waals surface area contributed by atoms with Gasteiger partial charge in [-0.3, -0.25) is 9.59 Å². The highest BCUT2D eigenvalue weighted by molar-refractivity contribution is 5.71. The predicted molar refractivity (Wildman–Crippen MR) is 230 cm³/mol. The molecule has 0 rings (SSSR count). The Hall–Kier alpha value is -3.27. The number of nitrogens with zero attached hydrogens (tertiary/aromatic N) is 1. The summed E-state index contributed by atoms with van der Waals surface area (Å²) in [5, 5.41) is 9.62. The minimum Gasteiger partial charge on any atom is -0.477 e. The number of ether oxygens (including phenoxy) is 4. The van der Waals surface area contributed by atoms with Gasteiger partial charge in [-0.2, -0.15) is 0 Å². The second-order valence-corrected chi connectivity index (χ2v) is 15.3. The lowest BCUT2D eigenvalue weighted by atomic mass is 10.1. The number of allylic oxidation sites excluding steroid dienone is 12. The molecule has 0 amide bonds. The highest BCUT2D eigenvalue weighted by Crippen LogP contribution is 2.11. The summed E-state index contributed by atoms with van der Waals surface area (Å²) in [6.45, 7) is 4.64. The Morgan fingerprint density at radius 3 is 1.55 bits per heavy atom. The lowest BCUT2D eigenvalue weighted by molar-refractivity contribution is -0.870. The molecule has 0 radical (unpaired) electrons. The Balaban J connectivity index is 4.58. The number of carbonyl (C=O) groups excluding carboxylic acids is 2. The molecule has 0 aliphatic rings. The van der Waals surface area contributed by atoms with Gasteiger partial charge in [-0.05, 0) is 83.5 Å². The van der Waals surface area contributed by atoms with Crippen molar-refractivity contribution in [2.24, 2.45) is 0 Å². The summed E-state index contributed by atoms with van der Waals surface area (Å²) in [6, 6.07) is 0. The van der Waals surface area contributed by atoms with Crippen LogP contribution in [0.2, 0.25) is 0 Å². The molecule has 9 heteroatoms. The van der Waals surface area contributed by atoms with Crippen molar-refractivity contribution in [3.05, 3.63) is 72.9 Å². The molecule has 1 N–H and O–H groups in total. The largest absolute Gasteiger partial charge is 0.477 e. The summed E-state index contributed by atoms with van der Waals surface area (Å²) in [6.07, 6.45) is 43.9. The maximum absolute atomic E-state index is 12.7. The molecule has 0 bridgehead atoms. The van der Waals surface area contributed by atoms with Crippen LogP contribution in [0.15, 0.2) is 72.9 Å². The van der Waals surface area contributed by atoms with Gasteiger partial charge < -0.3 is 28.5 Å². The summed E-state index contributed by atoms with van der Waals surface area (Å²) in [4.78, 5) is 37.0. The zero-order valence-corrected chi connectivity index (χ0v) is 36.0. The molecular formula is C47H80NO8+. The number of aliphatic carboxylic acids is 1. The average molecular weight is 787 g/mol. The van der Waals surface area contributed by atoms with E-state index in [2.05, 4.69) is 86.8 Å². The van der Waals surface area contributed by atoms with E-state index in [1.54, 1.807) is 0 Å². The SMILES string of the molecule is CC/C=C\C/C=C\C/C=C\C/C=C\CCCCC(=O)OC(COC(=O)CCCCCCC/C=C\C/C=C\CCCCCC)COC(OCC[N+](C)(C)C)C(=O)O. The van der Waals surface area contributed by atoms with Gasteiger partial charge in [0.05, 0.1) is 34.4 Å². The van der Waals surface area contributed by atoms with Crippen LogP contribution in [-0.4, -0.2) is 87.4 Å². The first kappa shape index (κ1) is 52.7. The Morgan fingerprint density at radius 1 is 0.554 bits per heavy atom. The monoisotopic (exact) mass is 787 g/mol. The number of carboxylic acid groups (broad SMARTS) is 1. The van der Waals surface area contributed by atoms with Crippen LogP contribution < -0.4 is 0 Å². The van der Waals surface area contributed by atoms with E-state index in [0.717, 1.165) is 83.5 Å². The first-order chi connectivity index (χ1) is 27.1. The van der Waals surface area contributed by atoms with Crippen LogP contribution in [0.4, 0.5) is 0 Å². The topological polar surface area (TPSA) is 108 Å². The number of carboxylic acids is 1. The molecule has 56 heavy (non-hydrogen) atoms. The third-order valence-electron chi connectivity index (χ3n) is 8.70. The molecule has 320 valence electrons. The van der Waals surface area contributed by atoms with E-state index in [4.69, 9.17) is 18.9 Å². The first-order valence-corrected chi connectivity index (χ1v) is 21.6. The van der Waals surface area contributed by atoms with Gasteiger partial charge >= 0.3 is 17.9 Å². The predicted octanol–water partition coefficient (Wildman–Crippen LogP) is 11.2. The number of hydrogen-bond acceptors (Lipinski definition) is 7. The zero-order chi connectivity index (χ0) is 41.4. The summed E-state index contributed by atoms with van der Waals surface area (Å²) < 4.78 is 22.6. The first-order valence-electron chi connectivity index (χ1n) is 21.6. The highest BCUT2D eigenvalue weighted by atomic mass is 16.7. The normalized spacial score (nSPS) is 13.7. The van der Waals surface area contributed by atoms with Gasteiger partial charge in [0.1, 0.15) is 13.2 Å². The van der Waals surface area contributed by atoms with E-state index >= 15 is 0 Å². The van der Waals surface area contributed by atoms with Crippen molar-refractivity contribution in [3.8, 4) is 0 Å². The number of esters is 2. The van der Waals surface area contributed by atoms with Crippen LogP contribution in [0, 0.1) is 0 Å². The lowest BCUT2D eigenvalue weighted by Crippen LogP contribution is -2.40. The van der Waals surface area contributed by atoms with Gasteiger partial charge in [0.2, 0.25) is 0 Å². The fraction of sp³-hybridized carbons (Fsp3) is 0.681. The van der Waals surface area contributed by atoms with E-state index in [1.165, 1.54) is 32.1 Å². The van der Waals surface area contributed by atoms with Gasteiger partial charge in [-0.25, -0.2) is 4.79 Å². The standard InChI is InChI=1S/C47H79NO8/c1-6-8-10-12-14-16-18-20-22-24-25-27-29-31-33-35-37-44(49)54-41-43(42-55-47(46(51)52)53-40-39-48(3,4)5)56-45(50)38-36-34-32-30-28-26-23-21-19-17-15-13-11-9-7-2/h9,11,15-18,21-24,28,30,43,47H,6-8,10,12-14,19-20,25-27,29,31-42H2,1-5H3/p+1/b11-9-,17-15-,18-16-,23-21-,24-22-,30-28-. The van der Waals surface area contributed by atoms with Crippen molar-refractivity contribution in [1.29, 1.82) is 0 Å². The third kappa shape index (κ3) is 39.0. The molecule has 0 aliphatic heterocycles. The molecule has 0 fully saturated rings. The Labute approximate surface area is 341 Å². The maximum Gasteiger partial charge on any atom is 0.361 e. The quantitative estimate of drug-likeness (QED) is 0.0217. The van der Waals surface area contributed by atoms with Crippen LogP contribution in [0.5, 0.6) is 0 Å². The molecule has 0 heterocycles. The highest BCUT2D eigenvalue weighted by Gasteiger charge is 2.25. The van der Waals surface area contributed by atoms with Crippen LogP contribution in [0.25, 0.3) is 0 Å². The van der Waals surface area contributed by atoms with Gasteiger partial charge in [0.15, 0.2) is 6.10 Å². The molecule has 0 aromatic rings. The molecule has 0 aromatic carbocycles. The smallest absolute Gasteiger partial charge is 0.361 e. The van der Waals surface area contributed by atoms with Crippen LogP contribution in [-0.2, 0) is 33.3 Å². The third-order valence-corrected chi connectivity index (χ3v) is 8.70. The number of quaternary nitrogens is 1. The Bertz CT molecular complexity index is 1150. The molecular weight excluding hydrogens is 707 g/mol. The van der Waals surface area contributed by atoms with Crippen molar-refractivity contribution in [3.63, 3.8) is 0 Å².